The molecule has 0 saturated carbocycles. The van der Waals surface area contributed by atoms with Gasteiger partial charge in [-0.05, 0) is 19.4 Å². The smallest absolute Gasteiger partial charge is 0.249 e. The molecule has 1 heterocycles. The molecule has 5 nitrogen and oxygen atoms in total. The highest BCUT2D eigenvalue weighted by Gasteiger charge is 2.17. The second kappa shape index (κ2) is 6.86. The molecule has 0 fully saturated rings. The van der Waals surface area contributed by atoms with Gasteiger partial charge in [-0.1, -0.05) is 30.3 Å². The van der Waals surface area contributed by atoms with Gasteiger partial charge in [-0.15, -0.1) is 0 Å². The summed E-state index contributed by atoms with van der Waals surface area (Å²) in [6, 6.07) is 9.61. The Kier molecular flexibility index (Phi) is 4.90. The molecule has 0 bridgehead atoms. The first-order valence-electron chi connectivity index (χ1n) is 6.62. The molecule has 0 aliphatic carbocycles. The monoisotopic (exact) mass is 273 g/mol. The Labute approximate surface area is 118 Å². The number of carbonyl (C=O) groups is 1. The van der Waals surface area contributed by atoms with Crippen LogP contribution in [-0.2, 0) is 16.1 Å². The van der Waals surface area contributed by atoms with Crippen molar-refractivity contribution in [1.82, 2.24) is 15.3 Å². The number of aromatic amines is 1. The molecule has 2 atom stereocenters. The average Bonchev–Trinajstić information content (AvgIpc) is 3.00. The highest BCUT2D eigenvalue weighted by Crippen LogP contribution is 2.07. The summed E-state index contributed by atoms with van der Waals surface area (Å²) < 4.78 is 5.57. The van der Waals surface area contributed by atoms with Crippen molar-refractivity contribution in [3.63, 3.8) is 0 Å². The Balaban J connectivity index is 1.80. The molecule has 2 rings (SSSR count). The molecule has 0 radical (unpaired) electrons. The number of carbonyl (C=O) groups excluding carboxylic acids is 1. The summed E-state index contributed by atoms with van der Waals surface area (Å²) in [5, 5.41) is 2.86. The van der Waals surface area contributed by atoms with E-state index in [1.54, 1.807) is 19.3 Å². The number of nitrogens with zero attached hydrogens (tertiary/aromatic N) is 1. The SMILES string of the molecule is CC(OCc1ccccc1)C(=O)NC(C)c1ncc[nH]1. The lowest BCUT2D eigenvalue weighted by Gasteiger charge is -2.16. The van der Waals surface area contributed by atoms with Crippen LogP contribution in [0.15, 0.2) is 42.7 Å². The normalized spacial score (nSPS) is 13.7. The molecule has 0 aliphatic heterocycles. The minimum absolute atomic E-state index is 0.148. The Morgan fingerprint density at radius 3 is 2.75 bits per heavy atom. The topological polar surface area (TPSA) is 67.0 Å². The number of imidazole rings is 1. The highest BCUT2D eigenvalue weighted by atomic mass is 16.5. The van der Waals surface area contributed by atoms with Gasteiger partial charge in [0.2, 0.25) is 5.91 Å². The van der Waals surface area contributed by atoms with Crippen LogP contribution in [0.5, 0.6) is 0 Å². The fraction of sp³-hybridized carbons (Fsp3) is 0.333. The molecule has 2 unspecified atom stereocenters. The molecule has 1 aromatic carbocycles. The number of hydrogen-bond donors (Lipinski definition) is 2. The Hall–Kier alpha value is -2.14. The van der Waals surface area contributed by atoms with Crippen LogP contribution < -0.4 is 5.32 Å². The Morgan fingerprint density at radius 2 is 2.10 bits per heavy atom. The molecule has 0 aliphatic rings. The minimum Gasteiger partial charge on any atom is -0.364 e. The highest BCUT2D eigenvalue weighted by molar-refractivity contribution is 5.80. The zero-order chi connectivity index (χ0) is 14.4. The average molecular weight is 273 g/mol. The number of benzene rings is 1. The lowest BCUT2D eigenvalue weighted by atomic mass is 10.2. The zero-order valence-electron chi connectivity index (χ0n) is 11.7. The fourth-order valence-electron chi connectivity index (χ4n) is 1.78. The first-order chi connectivity index (χ1) is 9.66. The maximum Gasteiger partial charge on any atom is 0.249 e. The van der Waals surface area contributed by atoms with Crippen LogP contribution in [0.4, 0.5) is 0 Å². The summed E-state index contributed by atoms with van der Waals surface area (Å²) in [7, 11) is 0. The summed E-state index contributed by atoms with van der Waals surface area (Å²) in [4.78, 5) is 19.1. The molecule has 5 heteroatoms. The van der Waals surface area contributed by atoms with Crippen LogP contribution in [0.3, 0.4) is 0 Å². The third kappa shape index (κ3) is 3.93. The molecule has 0 saturated heterocycles. The molecular formula is C15H19N3O2. The minimum atomic E-state index is -0.507. The van der Waals surface area contributed by atoms with Crippen molar-refractivity contribution in [2.45, 2.75) is 32.6 Å². The maximum atomic E-state index is 12.0. The van der Waals surface area contributed by atoms with Gasteiger partial charge in [-0.25, -0.2) is 4.98 Å². The van der Waals surface area contributed by atoms with Crippen LogP contribution in [-0.4, -0.2) is 22.0 Å². The van der Waals surface area contributed by atoms with Gasteiger partial charge in [-0.3, -0.25) is 4.79 Å². The van der Waals surface area contributed by atoms with Crippen LogP contribution in [0, 0.1) is 0 Å². The third-order valence-corrected chi connectivity index (χ3v) is 3.00. The largest absolute Gasteiger partial charge is 0.364 e. The first-order valence-corrected chi connectivity index (χ1v) is 6.62. The van der Waals surface area contributed by atoms with Crippen molar-refractivity contribution in [3.05, 3.63) is 54.1 Å². The fourth-order valence-corrected chi connectivity index (χ4v) is 1.78. The molecule has 1 amide bonds. The van der Waals surface area contributed by atoms with Crippen molar-refractivity contribution in [2.75, 3.05) is 0 Å². The van der Waals surface area contributed by atoms with Crippen molar-refractivity contribution >= 4 is 5.91 Å². The van der Waals surface area contributed by atoms with E-state index < -0.39 is 6.10 Å². The summed E-state index contributed by atoms with van der Waals surface area (Å²) >= 11 is 0. The number of amides is 1. The standard InChI is InChI=1S/C15H19N3O2/c1-11(14-16-8-9-17-14)18-15(19)12(2)20-10-13-6-4-3-5-7-13/h3-9,11-12H,10H2,1-2H3,(H,16,17)(H,18,19). The zero-order valence-corrected chi connectivity index (χ0v) is 11.7. The van der Waals surface area contributed by atoms with E-state index in [1.807, 2.05) is 37.3 Å². The van der Waals surface area contributed by atoms with Crippen LogP contribution >= 0.6 is 0 Å². The van der Waals surface area contributed by atoms with Crippen molar-refractivity contribution < 1.29 is 9.53 Å². The van der Waals surface area contributed by atoms with Gasteiger partial charge in [0.05, 0.1) is 12.6 Å². The molecule has 2 N–H and O–H groups in total. The van der Waals surface area contributed by atoms with Gasteiger partial charge < -0.3 is 15.0 Å². The first kappa shape index (κ1) is 14.3. The third-order valence-electron chi connectivity index (χ3n) is 3.00. The predicted octanol–water partition coefficient (Wildman–Crippen LogP) is 2.19. The van der Waals surface area contributed by atoms with Gasteiger partial charge in [0.25, 0.3) is 0 Å². The molecule has 20 heavy (non-hydrogen) atoms. The van der Waals surface area contributed by atoms with Crippen molar-refractivity contribution in [2.24, 2.45) is 0 Å². The molecule has 1 aromatic heterocycles. The summed E-state index contributed by atoms with van der Waals surface area (Å²) in [6.07, 6.45) is 2.88. The van der Waals surface area contributed by atoms with Gasteiger partial charge in [-0.2, -0.15) is 0 Å². The van der Waals surface area contributed by atoms with Crippen LogP contribution in [0.1, 0.15) is 31.3 Å². The van der Waals surface area contributed by atoms with E-state index in [0.717, 1.165) is 11.4 Å². The quantitative estimate of drug-likeness (QED) is 0.847. The Bertz CT molecular complexity index is 525. The van der Waals surface area contributed by atoms with E-state index in [0.29, 0.717) is 6.61 Å². The number of aromatic nitrogens is 2. The maximum absolute atomic E-state index is 12.0. The van der Waals surface area contributed by atoms with Crippen LogP contribution in [0.25, 0.3) is 0 Å². The molecule has 106 valence electrons. The van der Waals surface area contributed by atoms with Gasteiger partial charge in [0, 0.05) is 12.4 Å². The van der Waals surface area contributed by atoms with E-state index in [9.17, 15) is 4.79 Å². The number of ether oxygens (including phenoxy) is 1. The second-order valence-electron chi connectivity index (χ2n) is 4.64. The number of rotatable bonds is 6. The van der Waals surface area contributed by atoms with Crippen molar-refractivity contribution in [1.29, 1.82) is 0 Å². The molecule has 2 aromatic rings. The van der Waals surface area contributed by atoms with E-state index in [2.05, 4.69) is 15.3 Å². The predicted molar refractivity (Wildman–Crippen MR) is 75.8 cm³/mol. The summed E-state index contributed by atoms with van der Waals surface area (Å²) in [5.74, 6) is 0.582. The molecular weight excluding hydrogens is 254 g/mol. The van der Waals surface area contributed by atoms with Crippen molar-refractivity contribution in [3.8, 4) is 0 Å². The van der Waals surface area contributed by atoms with E-state index in [1.165, 1.54) is 0 Å². The second-order valence-corrected chi connectivity index (χ2v) is 4.64. The summed E-state index contributed by atoms with van der Waals surface area (Å²) in [5.41, 5.74) is 1.05. The Morgan fingerprint density at radius 1 is 1.35 bits per heavy atom. The summed E-state index contributed by atoms with van der Waals surface area (Å²) in [6.45, 7) is 4.04. The molecule has 0 spiro atoms. The number of H-pyrrole nitrogens is 1. The lowest BCUT2D eigenvalue weighted by molar-refractivity contribution is -0.133. The van der Waals surface area contributed by atoms with Crippen LogP contribution in [0.2, 0.25) is 0 Å². The van der Waals surface area contributed by atoms with Gasteiger partial charge in [0.1, 0.15) is 11.9 Å². The van der Waals surface area contributed by atoms with E-state index in [-0.39, 0.29) is 11.9 Å². The van der Waals surface area contributed by atoms with Gasteiger partial charge in [0.15, 0.2) is 0 Å². The lowest BCUT2D eigenvalue weighted by Crippen LogP contribution is -2.36. The van der Waals surface area contributed by atoms with E-state index >= 15 is 0 Å². The number of nitrogens with one attached hydrogen (secondary N) is 2. The van der Waals surface area contributed by atoms with E-state index in [4.69, 9.17) is 4.74 Å². The van der Waals surface area contributed by atoms with Gasteiger partial charge >= 0.3 is 0 Å². The number of hydrogen-bond acceptors (Lipinski definition) is 3.